The number of pyridine rings is 1. The number of carbonyl (C=O) groups is 1. The lowest BCUT2D eigenvalue weighted by Crippen LogP contribution is -2.40. The molecule has 0 spiro atoms. The number of H-pyrrole nitrogens is 1. The van der Waals surface area contributed by atoms with Gasteiger partial charge < -0.3 is 4.74 Å². The average Bonchev–Trinajstić information content (AvgIpc) is 2.38. The van der Waals surface area contributed by atoms with E-state index in [-0.39, 0.29) is 17.1 Å². The summed E-state index contributed by atoms with van der Waals surface area (Å²) in [5.74, 6) is 0.124. The van der Waals surface area contributed by atoms with Crippen LogP contribution in [0.25, 0.3) is 0 Å². The topological polar surface area (TPSA) is 43.7 Å². The monoisotopic (exact) mass is 323 g/mol. The zero-order valence-electron chi connectivity index (χ0n) is 11.3. The van der Waals surface area contributed by atoms with Crippen LogP contribution in [0.3, 0.4) is 0 Å². The second-order valence-electron chi connectivity index (χ2n) is 4.88. The zero-order chi connectivity index (χ0) is 15.6. The van der Waals surface area contributed by atoms with Crippen molar-refractivity contribution < 1.29 is 27.7 Å². The molecule has 0 atom stereocenters. The standard InChI is InChI=1S/C13H14ClF3N2O2/c1-8(20)21-10-2-4-19(5-3-10)12-11(14)6-9(7-18-12)13(15,16)17/h6-7,10H,2-5H2,1H3/p+1. The highest BCUT2D eigenvalue weighted by molar-refractivity contribution is 6.32. The van der Waals surface area contributed by atoms with Crippen LogP contribution in [0, 0.1) is 0 Å². The number of ether oxygens (including phenoxy) is 1. The summed E-state index contributed by atoms with van der Waals surface area (Å²) in [4.78, 5) is 15.3. The lowest BCUT2D eigenvalue weighted by atomic mass is 10.1. The Kier molecular flexibility index (Phi) is 4.61. The minimum absolute atomic E-state index is 0.0239. The van der Waals surface area contributed by atoms with E-state index < -0.39 is 11.7 Å². The normalized spacial score (nSPS) is 16.9. The maximum atomic E-state index is 12.6. The highest BCUT2D eigenvalue weighted by atomic mass is 35.5. The molecule has 0 saturated carbocycles. The molecular formula is C13H15ClF3N2O2+. The second kappa shape index (κ2) is 6.09. The number of halogens is 4. The minimum atomic E-state index is -4.43. The van der Waals surface area contributed by atoms with Gasteiger partial charge in [-0.1, -0.05) is 11.6 Å². The highest BCUT2D eigenvalue weighted by Crippen LogP contribution is 2.32. The van der Waals surface area contributed by atoms with Gasteiger partial charge in [0, 0.05) is 19.8 Å². The molecule has 1 aliphatic heterocycles. The molecule has 1 aliphatic rings. The zero-order valence-corrected chi connectivity index (χ0v) is 12.1. The van der Waals surface area contributed by atoms with Gasteiger partial charge in [-0.25, -0.2) is 4.98 Å². The number of alkyl halides is 3. The first-order valence-corrected chi connectivity index (χ1v) is 6.86. The Balaban J connectivity index is 2.05. The van der Waals surface area contributed by atoms with Gasteiger partial charge in [0.2, 0.25) is 0 Å². The van der Waals surface area contributed by atoms with Crippen molar-refractivity contribution in [2.45, 2.75) is 32.0 Å². The van der Waals surface area contributed by atoms with Crippen LogP contribution >= 0.6 is 11.6 Å². The molecule has 2 heterocycles. The number of hydrogen-bond donors (Lipinski definition) is 0. The molecule has 116 valence electrons. The molecule has 0 bridgehead atoms. The molecule has 2 rings (SSSR count). The maximum absolute atomic E-state index is 12.6. The van der Waals surface area contributed by atoms with Gasteiger partial charge in [0.15, 0.2) is 0 Å². The number of piperidine rings is 1. The minimum Gasteiger partial charge on any atom is -0.462 e. The molecule has 1 fully saturated rings. The van der Waals surface area contributed by atoms with E-state index in [0.29, 0.717) is 31.7 Å². The summed E-state index contributed by atoms with van der Waals surface area (Å²) in [6.07, 6.45) is -2.44. The average molecular weight is 324 g/mol. The number of rotatable bonds is 2. The summed E-state index contributed by atoms with van der Waals surface area (Å²) in [5.41, 5.74) is -0.814. The third kappa shape index (κ3) is 4.00. The van der Waals surface area contributed by atoms with Crippen LogP contribution in [-0.4, -0.2) is 25.2 Å². The molecular weight excluding hydrogens is 309 g/mol. The molecule has 0 aliphatic carbocycles. The number of nitrogens with zero attached hydrogens (tertiary/aromatic N) is 1. The molecule has 1 saturated heterocycles. The Morgan fingerprint density at radius 2 is 2.05 bits per heavy atom. The smallest absolute Gasteiger partial charge is 0.419 e. The first-order chi connectivity index (χ1) is 9.77. The van der Waals surface area contributed by atoms with E-state index in [9.17, 15) is 18.0 Å². The number of esters is 1. The summed E-state index contributed by atoms with van der Waals surface area (Å²) in [6, 6.07) is 0.908. The van der Waals surface area contributed by atoms with Crippen molar-refractivity contribution in [2.24, 2.45) is 0 Å². The van der Waals surface area contributed by atoms with Crippen molar-refractivity contribution in [1.82, 2.24) is 0 Å². The second-order valence-corrected chi connectivity index (χ2v) is 5.29. The van der Waals surface area contributed by atoms with Crippen LogP contribution in [0.2, 0.25) is 5.02 Å². The molecule has 4 nitrogen and oxygen atoms in total. The number of aromatic amines is 1. The summed E-state index contributed by atoms with van der Waals surface area (Å²) >= 11 is 5.93. The van der Waals surface area contributed by atoms with Crippen molar-refractivity contribution >= 4 is 23.4 Å². The van der Waals surface area contributed by atoms with Crippen molar-refractivity contribution in [2.75, 3.05) is 18.0 Å². The summed E-state index contributed by atoms with van der Waals surface area (Å²) in [7, 11) is 0. The third-order valence-electron chi connectivity index (χ3n) is 3.29. The van der Waals surface area contributed by atoms with Crippen molar-refractivity contribution in [1.29, 1.82) is 0 Å². The van der Waals surface area contributed by atoms with Gasteiger partial charge in [-0.2, -0.15) is 13.2 Å². The van der Waals surface area contributed by atoms with E-state index in [2.05, 4.69) is 4.98 Å². The molecule has 1 aromatic rings. The van der Waals surface area contributed by atoms with E-state index in [4.69, 9.17) is 16.3 Å². The molecule has 0 aromatic carbocycles. The van der Waals surface area contributed by atoms with E-state index in [1.54, 1.807) is 0 Å². The van der Waals surface area contributed by atoms with Crippen LogP contribution in [0.1, 0.15) is 25.3 Å². The van der Waals surface area contributed by atoms with Gasteiger partial charge in [0.1, 0.15) is 17.3 Å². The van der Waals surface area contributed by atoms with Crippen molar-refractivity contribution in [3.05, 3.63) is 22.8 Å². The molecule has 21 heavy (non-hydrogen) atoms. The summed E-state index contributed by atoms with van der Waals surface area (Å²) in [5, 5.41) is 0.0239. The van der Waals surface area contributed by atoms with Crippen LogP contribution in [0.5, 0.6) is 0 Å². The fourth-order valence-corrected chi connectivity index (χ4v) is 2.59. The summed E-state index contributed by atoms with van der Waals surface area (Å²) < 4.78 is 42.8. The van der Waals surface area contributed by atoms with E-state index in [1.165, 1.54) is 6.92 Å². The van der Waals surface area contributed by atoms with Crippen molar-refractivity contribution in [3.63, 3.8) is 0 Å². The Morgan fingerprint density at radius 1 is 1.43 bits per heavy atom. The molecule has 1 N–H and O–H groups in total. The van der Waals surface area contributed by atoms with Crippen LogP contribution in [0.15, 0.2) is 12.3 Å². The van der Waals surface area contributed by atoms with Crippen LogP contribution in [-0.2, 0) is 15.7 Å². The fraction of sp³-hybridized carbons (Fsp3) is 0.538. The molecule has 0 amide bonds. The van der Waals surface area contributed by atoms with E-state index in [1.807, 2.05) is 4.90 Å². The molecule has 8 heteroatoms. The highest BCUT2D eigenvalue weighted by Gasteiger charge is 2.34. The third-order valence-corrected chi connectivity index (χ3v) is 3.58. The largest absolute Gasteiger partial charge is 0.462 e. The number of anilines is 1. The number of aromatic nitrogens is 1. The van der Waals surface area contributed by atoms with Gasteiger partial charge in [0.05, 0.1) is 18.7 Å². The number of carbonyl (C=O) groups excluding carboxylic acids is 1. The molecule has 0 unspecified atom stereocenters. The van der Waals surface area contributed by atoms with Crippen LogP contribution < -0.4 is 9.88 Å². The first kappa shape index (κ1) is 15.9. The van der Waals surface area contributed by atoms with Gasteiger partial charge >= 0.3 is 12.1 Å². The molecule has 1 aromatic heterocycles. The lowest BCUT2D eigenvalue weighted by Gasteiger charge is -2.27. The molecule has 0 radical (unpaired) electrons. The van der Waals surface area contributed by atoms with Crippen molar-refractivity contribution in [3.8, 4) is 0 Å². The van der Waals surface area contributed by atoms with E-state index >= 15 is 0 Å². The summed E-state index contributed by atoms with van der Waals surface area (Å²) in [6.45, 7) is 2.46. The number of nitrogens with one attached hydrogen (secondary N) is 1. The van der Waals surface area contributed by atoms with Crippen LogP contribution in [0.4, 0.5) is 19.0 Å². The SMILES string of the molecule is CC(=O)OC1CCN(c2[nH+]cc(C(F)(F)F)cc2Cl)CC1. The van der Waals surface area contributed by atoms with E-state index in [0.717, 1.165) is 12.3 Å². The maximum Gasteiger partial charge on any atom is 0.419 e. The Bertz CT molecular complexity index is 529. The van der Waals surface area contributed by atoms with Gasteiger partial charge in [0.25, 0.3) is 5.82 Å². The number of hydrogen-bond acceptors (Lipinski definition) is 3. The Morgan fingerprint density at radius 3 is 2.52 bits per heavy atom. The quantitative estimate of drug-likeness (QED) is 0.786. The van der Waals surface area contributed by atoms with Gasteiger partial charge in [-0.3, -0.25) is 9.69 Å². The lowest BCUT2D eigenvalue weighted by molar-refractivity contribution is -0.367. The van der Waals surface area contributed by atoms with Gasteiger partial charge in [-0.05, 0) is 6.07 Å². The first-order valence-electron chi connectivity index (χ1n) is 6.48. The fourth-order valence-electron chi connectivity index (χ4n) is 2.30. The Hall–Kier alpha value is -1.50. The Labute approximate surface area is 124 Å². The van der Waals surface area contributed by atoms with Gasteiger partial charge in [-0.15, -0.1) is 0 Å². The predicted octanol–water partition coefficient (Wildman–Crippen LogP) is 2.70. The predicted molar refractivity (Wildman–Crippen MR) is 70.0 cm³/mol.